The summed E-state index contributed by atoms with van der Waals surface area (Å²) in [7, 11) is 0. The number of hydrogen-bond donors (Lipinski definition) is 2. The van der Waals surface area contributed by atoms with Crippen molar-refractivity contribution in [3.05, 3.63) is 34.9 Å². The molecule has 0 saturated carbocycles. The summed E-state index contributed by atoms with van der Waals surface area (Å²) in [5, 5.41) is 4.52. The molecule has 5 unspecified atom stereocenters. The van der Waals surface area contributed by atoms with Crippen molar-refractivity contribution in [2.45, 2.75) is 83.1 Å². The van der Waals surface area contributed by atoms with E-state index < -0.39 is 11.6 Å². The predicted molar refractivity (Wildman–Crippen MR) is 169 cm³/mol. The molecule has 2 bridgehead atoms. The van der Waals surface area contributed by atoms with Gasteiger partial charge < -0.3 is 20.7 Å². The lowest BCUT2D eigenvalue weighted by atomic mass is 9.97. The van der Waals surface area contributed by atoms with E-state index in [1.165, 1.54) is 18.6 Å². The van der Waals surface area contributed by atoms with Gasteiger partial charge in [-0.3, -0.25) is 4.90 Å². The zero-order valence-electron chi connectivity index (χ0n) is 24.5. The second-order valence-electron chi connectivity index (χ2n) is 12.4. The van der Waals surface area contributed by atoms with E-state index in [2.05, 4.69) is 38.9 Å². The summed E-state index contributed by atoms with van der Waals surface area (Å²) < 4.78 is 38.0. The Balaban J connectivity index is 1.33. The largest absolute Gasteiger partial charge is 0.459 e. The van der Waals surface area contributed by atoms with E-state index in [0.29, 0.717) is 40.9 Å². The lowest BCUT2D eigenvalue weighted by molar-refractivity contribution is 0.0548. The fourth-order valence-electron chi connectivity index (χ4n) is 7.21. The van der Waals surface area contributed by atoms with Gasteiger partial charge in [-0.25, -0.2) is 13.8 Å². The number of nitrogen functional groups attached to an aromatic ring is 1. The summed E-state index contributed by atoms with van der Waals surface area (Å²) in [6.45, 7) is 8.75. The molecule has 5 atom stereocenters. The molecule has 2 aromatic heterocycles. The number of rotatable bonds is 6. The highest BCUT2D eigenvalue weighted by Gasteiger charge is 2.35. The first-order valence-corrected chi connectivity index (χ1v) is 16.3. The van der Waals surface area contributed by atoms with Crippen molar-refractivity contribution >= 4 is 55.0 Å². The number of aromatic nitrogens is 3. The van der Waals surface area contributed by atoms with Crippen LogP contribution in [0.25, 0.3) is 32.2 Å². The van der Waals surface area contributed by atoms with Crippen molar-refractivity contribution in [2.24, 2.45) is 0 Å². The quantitative estimate of drug-likeness (QED) is 0.254. The van der Waals surface area contributed by atoms with Gasteiger partial charge >= 0.3 is 6.01 Å². The second kappa shape index (κ2) is 11.3. The van der Waals surface area contributed by atoms with Crippen LogP contribution < -0.4 is 20.7 Å². The van der Waals surface area contributed by atoms with E-state index in [1.807, 2.05) is 6.92 Å². The molecule has 3 fully saturated rings. The summed E-state index contributed by atoms with van der Waals surface area (Å²) in [6, 6.07) is 6.24. The zero-order valence-corrected chi connectivity index (χ0v) is 26.1. The smallest absolute Gasteiger partial charge is 0.319 e. The Morgan fingerprint density at radius 3 is 2.51 bits per heavy atom. The third kappa shape index (κ3) is 5.28. The van der Waals surface area contributed by atoms with Crippen LogP contribution in [0.5, 0.6) is 6.01 Å². The van der Waals surface area contributed by atoms with Crippen LogP contribution in [0.3, 0.4) is 0 Å². The molecule has 3 saturated heterocycles. The third-order valence-corrected chi connectivity index (χ3v) is 10.5. The first-order chi connectivity index (χ1) is 20.7. The highest BCUT2D eigenvalue weighted by Crippen LogP contribution is 2.43. The maximum atomic E-state index is 16.7. The molecule has 8 nitrogen and oxygen atoms in total. The molecule has 4 aromatic rings. The number of piperidine rings is 1. The van der Waals surface area contributed by atoms with E-state index in [0.717, 1.165) is 56.7 Å². The minimum absolute atomic E-state index is 0.101. The maximum Gasteiger partial charge on any atom is 0.319 e. The minimum atomic E-state index is -0.625. The number of ether oxygens (including phenoxy) is 1. The molecule has 3 N–H and O–H groups in total. The fourth-order valence-corrected chi connectivity index (χ4v) is 8.27. The number of hydrogen-bond acceptors (Lipinski definition) is 9. The van der Waals surface area contributed by atoms with Crippen LogP contribution in [0.15, 0.2) is 18.2 Å². The molecule has 3 aliphatic heterocycles. The molecule has 12 heteroatoms. The number of benzene rings is 2. The Bertz CT molecular complexity index is 1680. The van der Waals surface area contributed by atoms with Gasteiger partial charge in [0.15, 0.2) is 10.9 Å². The Labute approximate surface area is 258 Å². The molecule has 5 heterocycles. The van der Waals surface area contributed by atoms with E-state index in [1.54, 1.807) is 6.07 Å². The third-order valence-electron chi connectivity index (χ3n) is 9.29. The van der Waals surface area contributed by atoms with Gasteiger partial charge in [-0.05, 0) is 64.7 Å². The number of nitrogens with zero attached hydrogens (tertiary/aromatic N) is 5. The van der Waals surface area contributed by atoms with Crippen LogP contribution in [0.1, 0.15) is 52.9 Å². The Morgan fingerprint density at radius 1 is 1.07 bits per heavy atom. The van der Waals surface area contributed by atoms with Gasteiger partial charge in [-0.1, -0.05) is 29.4 Å². The van der Waals surface area contributed by atoms with E-state index in [-0.39, 0.29) is 43.6 Å². The molecule has 0 aliphatic carbocycles. The van der Waals surface area contributed by atoms with Crippen LogP contribution in [0, 0.1) is 11.6 Å². The highest BCUT2D eigenvalue weighted by atomic mass is 35.5. The van der Waals surface area contributed by atoms with Crippen LogP contribution in [-0.2, 0) is 0 Å². The van der Waals surface area contributed by atoms with Crippen LogP contribution in [0.4, 0.5) is 19.7 Å². The van der Waals surface area contributed by atoms with Gasteiger partial charge in [0.25, 0.3) is 0 Å². The summed E-state index contributed by atoms with van der Waals surface area (Å²) in [4.78, 5) is 18.5. The predicted octanol–water partition coefficient (Wildman–Crippen LogP) is 6.39. The van der Waals surface area contributed by atoms with E-state index in [9.17, 15) is 4.39 Å². The molecule has 7 rings (SSSR count). The molecule has 0 amide bonds. The van der Waals surface area contributed by atoms with Crippen molar-refractivity contribution in [3.8, 4) is 17.1 Å². The van der Waals surface area contributed by atoms with E-state index >= 15 is 4.39 Å². The molecule has 0 spiro atoms. The molecule has 3 aliphatic rings. The zero-order chi connectivity index (χ0) is 30.0. The first-order valence-electron chi connectivity index (χ1n) is 15.1. The maximum absolute atomic E-state index is 16.7. The number of nitrogens with two attached hydrogens (primary N) is 1. The molecule has 228 valence electrons. The standard InChI is InChI=1S/C31H36ClF2N7OS/c1-15-5-4-6-16(2)41(15)12-17(3)42-31-38-26-21(29(39-31)40-13-18-7-8-19(14-40)36-18)11-22(32)24(25(26)34)20-9-10-23(33)28-27(20)37-30(35)43-28/h9-11,15-19,36H,4-8,12-14H2,1-3H3,(H2,35,37). The van der Waals surface area contributed by atoms with Gasteiger partial charge in [0.2, 0.25) is 0 Å². The van der Waals surface area contributed by atoms with Crippen molar-refractivity contribution in [3.63, 3.8) is 0 Å². The van der Waals surface area contributed by atoms with Gasteiger partial charge in [-0.15, -0.1) is 0 Å². The van der Waals surface area contributed by atoms with Crippen molar-refractivity contribution in [2.75, 3.05) is 30.3 Å². The number of fused-ring (bicyclic) bond motifs is 4. The second-order valence-corrected chi connectivity index (χ2v) is 13.8. The van der Waals surface area contributed by atoms with Gasteiger partial charge in [0, 0.05) is 60.3 Å². The van der Waals surface area contributed by atoms with Crippen LogP contribution in [-0.4, -0.2) is 69.8 Å². The summed E-state index contributed by atoms with van der Waals surface area (Å²) >= 11 is 7.84. The number of piperazine rings is 1. The van der Waals surface area contributed by atoms with Crippen LogP contribution >= 0.6 is 22.9 Å². The topological polar surface area (TPSA) is 92.4 Å². The average Bonchev–Trinajstić information content (AvgIpc) is 3.53. The van der Waals surface area contributed by atoms with Crippen molar-refractivity contribution < 1.29 is 13.5 Å². The fraction of sp³-hybridized carbons (Fsp3) is 0.516. The molecular formula is C31H36ClF2N7OS. The summed E-state index contributed by atoms with van der Waals surface area (Å²) in [5.41, 5.74) is 6.75. The molecule has 43 heavy (non-hydrogen) atoms. The highest BCUT2D eigenvalue weighted by molar-refractivity contribution is 7.22. The lowest BCUT2D eigenvalue weighted by Gasteiger charge is -2.40. The Morgan fingerprint density at radius 2 is 1.79 bits per heavy atom. The first kappa shape index (κ1) is 28.9. The number of nitrogens with one attached hydrogen (secondary N) is 1. The van der Waals surface area contributed by atoms with Crippen molar-refractivity contribution in [1.29, 1.82) is 0 Å². The van der Waals surface area contributed by atoms with Crippen molar-refractivity contribution in [1.82, 2.24) is 25.2 Å². The molecule has 2 aromatic carbocycles. The Hall–Kier alpha value is -2.86. The number of halogens is 3. The van der Waals surface area contributed by atoms with Crippen LogP contribution in [0.2, 0.25) is 5.02 Å². The number of thiazole rings is 1. The minimum Gasteiger partial charge on any atom is -0.459 e. The molecule has 0 radical (unpaired) electrons. The lowest BCUT2D eigenvalue weighted by Crippen LogP contribution is -2.51. The van der Waals surface area contributed by atoms with Gasteiger partial charge in [0.05, 0.1) is 15.2 Å². The monoisotopic (exact) mass is 627 g/mol. The number of anilines is 2. The SMILES string of the molecule is CC(CN1C(C)CCCC1C)Oc1nc(N2CC3CCC(C2)N3)c2cc(Cl)c(-c3ccc(F)c4sc(N)nc34)c(F)c2n1. The van der Waals surface area contributed by atoms with E-state index in [4.69, 9.17) is 27.1 Å². The number of likely N-dealkylation sites (tertiary alicyclic amines) is 1. The normalized spacial score (nSPS) is 25.1. The Kier molecular flexibility index (Phi) is 7.56. The average molecular weight is 628 g/mol. The summed E-state index contributed by atoms with van der Waals surface area (Å²) in [6.07, 6.45) is 5.53. The van der Waals surface area contributed by atoms with Gasteiger partial charge in [-0.2, -0.15) is 9.97 Å². The summed E-state index contributed by atoms with van der Waals surface area (Å²) in [5.74, 6) is -0.482. The van der Waals surface area contributed by atoms with Gasteiger partial charge in [0.1, 0.15) is 23.3 Å². The molecular weight excluding hydrogens is 592 g/mol.